The molecule has 0 aliphatic carbocycles. The average Bonchev–Trinajstić information content (AvgIpc) is 3.37. The predicted molar refractivity (Wildman–Crippen MR) is 122 cm³/mol. The Kier molecular flexibility index (Phi) is 5.62. The predicted octanol–water partition coefficient (Wildman–Crippen LogP) is 5.56. The van der Waals surface area contributed by atoms with E-state index in [1.807, 2.05) is 41.3 Å². The van der Waals surface area contributed by atoms with Crippen molar-refractivity contribution in [2.45, 2.75) is 13.1 Å². The fourth-order valence-corrected chi connectivity index (χ4v) is 3.86. The molecule has 2 heterocycles. The van der Waals surface area contributed by atoms with E-state index in [1.165, 1.54) is 0 Å². The number of ether oxygens (including phenoxy) is 2. The third-order valence-electron chi connectivity index (χ3n) is 5.44. The lowest BCUT2D eigenvalue weighted by Gasteiger charge is -2.24. The SMILES string of the molecule is O=C(c1ccc2c(c1)OCCO2)N(Cc1ccoc1)Cc1cccc(-c2ccccc2)c1. The minimum atomic E-state index is -0.0757. The van der Waals surface area contributed by atoms with Crippen molar-refractivity contribution >= 4 is 5.91 Å². The van der Waals surface area contributed by atoms with Crippen LogP contribution in [0.25, 0.3) is 11.1 Å². The fourth-order valence-electron chi connectivity index (χ4n) is 3.86. The summed E-state index contributed by atoms with van der Waals surface area (Å²) in [4.78, 5) is 15.3. The Hall–Kier alpha value is -3.99. The molecule has 0 atom stereocenters. The lowest BCUT2D eigenvalue weighted by molar-refractivity contribution is 0.0728. The van der Waals surface area contributed by atoms with Gasteiger partial charge in [0, 0.05) is 24.2 Å². The number of nitrogens with zero attached hydrogens (tertiary/aromatic N) is 1. The Labute approximate surface area is 186 Å². The summed E-state index contributed by atoms with van der Waals surface area (Å²) >= 11 is 0. The van der Waals surface area contributed by atoms with Gasteiger partial charge in [0.15, 0.2) is 11.5 Å². The van der Waals surface area contributed by atoms with Crippen molar-refractivity contribution in [2.24, 2.45) is 0 Å². The van der Waals surface area contributed by atoms with Crippen molar-refractivity contribution < 1.29 is 18.7 Å². The van der Waals surface area contributed by atoms with Gasteiger partial charge in [-0.15, -0.1) is 0 Å². The van der Waals surface area contributed by atoms with Gasteiger partial charge in [-0.05, 0) is 47.0 Å². The summed E-state index contributed by atoms with van der Waals surface area (Å²) in [6.07, 6.45) is 3.29. The highest BCUT2D eigenvalue weighted by atomic mass is 16.6. The van der Waals surface area contributed by atoms with E-state index in [2.05, 4.69) is 24.3 Å². The Morgan fingerprint density at radius 2 is 1.53 bits per heavy atom. The van der Waals surface area contributed by atoms with Crippen molar-refractivity contribution in [2.75, 3.05) is 13.2 Å². The number of carbonyl (C=O) groups is 1. The molecule has 5 heteroatoms. The van der Waals surface area contributed by atoms with Crippen molar-refractivity contribution in [3.63, 3.8) is 0 Å². The number of hydrogen-bond acceptors (Lipinski definition) is 4. The molecule has 5 rings (SSSR count). The zero-order chi connectivity index (χ0) is 21.8. The molecule has 1 aliphatic heterocycles. The van der Waals surface area contributed by atoms with E-state index < -0.39 is 0 Å². The molecule has 0 saturated heterocycles. The van der Waals surface area contributed by atoms with Crippen LogP contribution in [-0.4, -0.2) is 24.0 Å². The van der Waals surface area contributed by atoms with Crippen LogP contribution in [0.3, 0.4) is 0 Å². The molecule has 5 nitrogen and oxygen atoms in total. The van der Waals surface area contributed by atoms with E-state index in [0.717, 1.165) is 22.3 Å². The number of carbonyl (C=O) groups excluding carboxylic acids is 1. The summed E-state index contributed by atoms with van der Waals surface area (Å²) in [6.45, 7) is 1.92. The number of rotatable bonds is 6. The van der Waals surface area contributed by atoms with Gasteiger partial charge in [-0.1, -0.05) is 48.5 Å². The molecule has 0 unspecified atom stereocenters. The maximum atomic E-state index is 13.5. The van der Waals surface area contributed by atoms with Crippen LogP contribution in [0, 0.1) is 0 Å². The van der Waals surface area contributed by atoms with Crippen molar-refractivity contribution in [3.05, 3.63) is 108 Å². The van der Waals surface area contributed by atoms with E-state index in [-0.39, 0.29) is 5.91 Å². The molecule has 1 amide bonds. The molecule has 1 aromatic heterocycles. The van der Waals surface area contributed by atoms with Gasteiger partial charge < -0.3 is 18.8 Å². The third kappa shape index (κ3) is 4.37. The molecule has 0 fully saturated rings. The first-order chi connectivity index (χ1) is 15.8. The molecule has 0 bridgehead atoms. The Morgan fingerprint density at radius 1 is 0.750 bits per heavy atom. The molecule has 0 radical (unpaired) electrons. The summed E-state index contributed by atoms with van der Waals surface area (Å²) in [7, 11) is 0. The lowest BCUT2D eigenvalue weighted by Crippen LogP contribution is -2.30. The second-order valence-corrected chi connectivity index (χ2v) is 7.72. The summed E-state index contributed by atoms with van der Waals surface area (Å²) in [5, 5.41) is 0. The van der Waals surface area contributed by atoms with Crippen LogP contribution in [0.15, 0.2) is 95.8 Å². The van der Waals surface area contributed by atoms with Gasteiger partial charge in [-0.25, -0.2) is 0 Å². The van der Waals surface area contributed by atoms with Gasteiger partial charge in [0.1, 0.15) is 13.2 Å². The first-order valence-corrected chi connectivity index (χ1v) is 10.6. The summed E-state index contributed by atoms with van der Waals surface area (Å²) in [5.74, 6) is 1.20. The van der Waals surface area contributed by atoms with Crippen LogP contribution in [0.5, 0.6) is 11.5 Å². The van der Waals surface area contributed by atoms with Crippen molar-refractivity contribution in [3.8, 4) is 22.6 Å². The first-order valence-electron chi connectivity index (χ1n) is 10.6. The summed E-state index contributed by atoms with van der Waals surface area (Å²) in [5.41, 5.74) is 4.83. The minimum absolute atomic E-state index is 0.0757. The van der Waals surface area contributed by atoms with Gasteiger partial charge in [0.2, 0.25) is 0 Å². The molecular formula is C27H23NO4. The van der Waals surface area contributed by atoms with Crippen molar-refractivity contribution in [1.29, 1.82) is 0 Å². The van der Waals surface area contributed by atoms with Gasteiger partial charge in [-0.2, -0.15) is 0 Å². The third-order valence-corrected chi connectivity index (χ3v) is 5.44. The van der Waals surface area contributed by atoms with Gasteiger partial charge in [0.05, 0.1) is 12.5 Å². The average molecular weight is 425 g/mol. The van der Waals surface area contributed by atoms with Crippen LogP contribution < -0.4 is 9.47 Å². The van der Waals surface area contributed by atoms with E-state index in [4.69, 9.17) is 13.9 Å². The van der Waals surface area contributed by atoms with Crippen LogP contribution in [-0.2, 0) is 13.1 Å². The largest absolute Gasteiger partial charge is 0.486 e. The van der Waals surface area contributed by atoms with E-state index in [0.29, 0.717) is 43.4 Å². The zero-order valence-corrected chi connectivity index (χ0v) is 17.6. The van der Waals surface area contributed by atoms with Gasteiger partial charge in [0.25, 0.3) is 5.91 Å². The molecule has 3 aromatic carbocycles. The molecule has 160 valence electrons. The van der Waals surface area contributed by atoms with E-state index in [1.54, 1.807) is 30.7 Å². The minimum Gasteiger partial charge on any atom is -0.486 e. The second-order valence-electron chi connectivity index (χ2n) is 7.72. The smallest absolute Gasteiger partial charge is 0.254 e. The summed E-state index contributed by atoms with van der Waals surface area (Å²) in [6, 6.07) is 25.8. The Morgan fingerprint density at radius 3 is 2.34 bits per heavy atom. The molecule has 0 N–H and O–H groups in total. The van der Waals surface area contributed by atoms with Crippen LogP contribution in [0.1, 0.15) is 21.5 Å². The Bertz CT molecular complexity index is 1200. The van der Waals surface area contributed by atoms with Crippen LogP contribution >= 0.6 is 0 Å². The first kappa shape index (κ1) is 19.9. The highest BCUT2D eigenvalue weighted by molar-refractivity contribution is 5.95. The van der Waals surface area contributed by atoms with Crippen LogP contribution in [0.4, 0.5) is 0 Å². The quantitative estimate of drug-likeness (QED) is 0.406. The number of benzene rings is 3. The lowest BCUT2D eigenvalue weighted by atomic mass is 10.0. The molecular weight excluding hydrogens is 402 g/mol. The maximum Gasteiger partial charge on any atom is 0.254 e. The fraction of sp³-hybridized carbons (Fsp3) is 0.148. The monoisotopic (exact) mass is 425 g/mol. The molecule has 0 saturated carbocycles. The number of furan rings is 1. The second kappa shape index (κ2) is 9.02. The van der Waals surface area contributed by atoms with Crippen LogP contribution in [0.2, 0.25) is 0 Å². The number of fused-ring (bicyclic) bond motifs is 1. The summed E-state index contributed by atoms with van der Waals surface area (Å²) < 4.78 is 16.5. The molecule has 32 heavy (non-hydrogen) atoms. The molecule has 4 aromatic rings. The van der Waals surface area contributed by atoms with Gasteiger partial charge >= 0.3 is 0 Å². The maximum absolute atomic E-state index is 13.5. The topological polar surface area (TPSA) is 51.9 Å². The number of hydrogen-bond donors (Lipinski definition) is 0. The molecule has 0 spiro atoms. The van der Waals surface area contributed by atoms with Crippen molar-refractivity contribution in [1.82, 2.24) is 4.90 Å². The Balaban J connectivity index is 1.43. The molecule has 1 aliphatic rings. The highest BCUT2D eigenvalue weighted by Crippen LogP contribution is 2.31. The normalized spacial score (nSPS) is 12.4. The van der Waals surface area contributed by atoms with Gasteiger partial charge in [-0.3, -0.25) is 4.79 Å². The van der Waals surface area contributed by atoms with E-state index in [9.17, 15) is 4.79 Å². The highest BCUT2D eigenvalue weighted by Gasteiger charge is 2.21. The zero-order valence-electron chi connectivity index (χ0n) is 17.6. The number of amides is 1. The van der Waals surface area contributed by atoms with E-state index >= 15 is 0 Å². The standard InChI is InChI=1S/C27H23NO4/c29-27(24-9-10-25-26(16-24)32-14-13-31-25)28(18-21-11-12-30-19-21)17-20-5-4-8-23(15-20)22-6-2-1-3-7-22/h1-12,15-16,19H,13-14,17-18H2.